The number of carbonyl (C=O) groups is 2. The second-order valence-electron chi connectivity index (χ2n) is 10.6. The summed E-state index contributed by atoms with van der Waals surface area (Å²) in [4.78, 5) is 26.1. The van der Waals surface area contributed by atoms with Gasteiger partial charge in [0, 0.05) is 0 Å². The van der Waals surface area contributed by atoms with Gasteiger partial charge in [-0.1, -0.05) is 88.4 Å². The van der Waals surface area contributed by atoms with E-state index in [1.165, 1.54) is 11.1 Å². The molecule has 0 radical (unpaired) electrons. The van der Waals surface area contributed by atoms with E-state index in [-0.39, 0.29) is 23.7 Å². The van der Waals surface area contributed by atoms with Crippen LogP contribution in [0.4, 0.5) is 11.4 Å². The van der Waals surface area contributed by atoms with E-state index in [4.69, 9.17) is 0 Å². The third-order valence-electron chi connectivity index (χ3n) is 6.48. The summed E-state index contributed by atoms with van der Waals surface area (Å²) in [6.45, 7) is 12.6. The molecule has 0 aliphatic heterocycles. The highest BCUT2D eigenvalue weighted by atomic mass is 16.2. The van der Waals surface area contributed by atoms with Crippen molar-refractivity contribution in [1.82, 2.24) is 0 Å². The van der Waals surface area contributed by atoms with Gasteiger partial charge in [0.1, 0.15) is 0 Å². The molecule has 0 aliphatic rings. The summed E-state index contributed by atoms with van der Waals surface area (Å²) in [5, 5.41) is 6.02. The second-order valence-corrected chi connectivity index (χ2v) is 10.6. The maximum Gasteiger partial charge on any atom is 0.231 e. The molecular formula is C32H40N2O2. The molecule has 0 heterocycles. The summed E-state index contributed by atoms with van der Waals surface area (Å²) in [7, 11) is 0. The van der Waals surface area contributed by atoms with Crippen molar-refractivity contribution in [3.05, 3.63) is 95.1 Å². The minimum Gasteiger partial charge on any atom is -0.324 e. The molecule has 3 aromatic rings. The van der Waals surface area contributed by atoms with Crippen molar-refractivity contribution >= 4 is 23.2 Å². The Kier molecular flexibility index (Phi) is 9.46. The predicted molar refractivity (Wildman–Crippen MR) is 150 cm³/mol. The van der Waals surface area contributed by atoms with Gasteiger partial charge < -0.3 is 10.6 Å². The van der Waals surface area contributed by atoms with E-state index >= 15 is 0 Å². The molecule has 2 amide bonds. The number of nitrogens with one attached hydrogen (secondary N) is 2. The molecule has 190 valence electrons. The van der Waals surface area contributed by atoms with Crippen LogP contribution in [0.3, 0.4) is 0 Å². The summed E-state index contributed by atoms with van der Waals surface area (Å²) in [5.41, 5.74) is 5.68. The van der Waals surface area contributed by atoms with Crippen molar-refractivity contribution in [3.8, 4) is 0 Å². The molecule has 36 heavy (non-hydrogen) atoms. The molecule has 0 bridgehead atoms. The topological polar surface area (TPSA) is 58.2 Å². The van der Waals surface area contributed by atoms with Crippen molar-refractivity contribution in [2.45, 2.75) is 66.2 Å². The summed E-state index contributed by atoms with van der Waals surface area (Å²) < 4.78 is 0. The quantitative estimate of drug-likeness (QED) is 0.312. The molecule has 0 aliphatic carbocycles. The highest BCUT2D eigenvalue weighted by Crippen LogP contribution is 2.26. The first-order valence-electron chi connectivity index (χ1n) is 13.0. The Morgan fingerprint density at radius 3 is 1.19 bits per heavy atom. The smallest absolute Gasteiger partial charge is 0.231 e. The molecule has 0 saturated heterocycles. The van der Waals surface area contributed by atoms with Crippen LogP contribution in [-0.4, -0.2) is 11.8 Å². The van der Waals surface area contributed by atoms with Gasteiger partial charge in [0.2, 0.25) is 11.8 Å². The average Bonchev–Trinajstić information content (AvgIpc) is 2.84. The van der Waals surface area contributed by atoms with Crippen molar-refractivity contribution in [2.24, 2.45) is 11.8 Å². The van der Waals surface area contributed by atoms with Crippen LogP contribution >= 0.6 is 0 Å². The van der Waals surface area contributed by atoms with Gasteiger partial charge in [0.05, 0.1) is 23.2 Å². The Morgan fingerprint density at radius 2 is 0.889 bits per heavy atom. The van der Waals surface area contributed by atoms with E-state index in [1.807, 2.05) is 62.4 Å². The summed E-state index contributed by atoms with van der Waals surface area (Å²) in [6, 6.07) is 23.9. The fourth-order valence-corrected chi connectivity index (χ4v) is 4.31. The van der Waals surface area contributed by atoms with Crippen LogP contribution in [0.5, 0.6) is 0 Å². The maximum absolute atomic E-state index is 13.1. The minimum absolute atomic E-state index is 0.109. The number of anilines is 2. The maximum atomic E-state index is 13.1. The summed E-state index contributed by atoms with van der Waals surface area (Å²) in [6.07, 6.45) is 2.04. The predicted octanol–water partition coefficient (Wildman–Crippen LogP) is 7.57. The van der Waals surface area contributed by atoms with Crippen LogP contribution in [0.1, 0.15) is 75.6 Å². The Balaban J connectivity index is 1.66. The number of amides is 2. The number of benzene rings is 3. The van der Waals surface area contributed by atoms with Crippen LogP contribution in [0, 0.1) is 11.8 Å². The standard InChI is InChI=1S/C32H40N2O2/c1-21(2)19-25-11-15-27(16-12-25)23(5)31(35)33-29-9-7-8-10-30(29)34-32(36)24(6)28-17-13-26(14-18-28)20-22(3)4/h7-18,21-24H,19-20H2,1-6H3,(H,33,35)(H,34,36)/t23-,24-/m0/s1. The SMILES string of the molecule is CC(C)Cc1ccc([C@H](C)C(=O)Nc2ccccc2NC(=O)[C@@H](C)c2ccc(CC(C)C)cc2)cc1. The zero-order valence-electron chi connectivity index (χ0n) is 22.5. The normalized spacial score (nSPS) is 12.9. The lowest BCUT2D eigenvalue weighted by Gasteiger charge is -2.18. The van der Waals surface area contributed by atoms with Gasteiger partial charge in [-0.25, -0.2) is 0 Å². The first kappa shape index (κ1) is 27.2. The zero-order chi connectivity index (χ0) is 26.2. The van der Waals surface area contributed by atoms with E-state index in [0.29, 0.717) is 23.2 Å². The van der Waals surface area contributed by atoms with Gasteiger partial charge in [-0.15, -0.1) is 0 Å². The first-order chi connectivity index (χ1) is 17.1. The number of rotatable bonds is 10. The molecule has 2 N–H and O–H groups in total. The highest BCUT2D eigenvalue weighted by molar-refractivity contribution is 6.03. The number of hydrogen-bond acceptors (Lipinski definition) is 2. The Hall–Kier alpha value is -3.40. The average molecular weight is 485 g/mol. The molecule has 0 unspecified atom stereocenters. The van der Waals surface area contributed by atoms with Gasteiger partial charge in [0.15, 0.2) is 0 Å². The lowest BCUT2D eigenvalue weighted by atomic mass is 9.96. The molecule has 3 aromatic carbocycles. The Bertz CT molecular complexity index is 1060. The van der Waals surface area contributed by atoms with Gasteiger partial charge in [0.25, 0.3) is 0 Å². The summed E-state index contributed by atoms with van der Waals surface area (Å²) >= 11 is 0. The lowest BCUT2D eigenvalue weighted by molar-refractivity contribution is -0.118. The third-order valence-corrected chi connectivity index (χ3v) is 6.48. The highest BCUT2D eigenvalue weighted by Gasteiger charge is 2.20. The Morgan fingerprint density at radius 1 is 0.556 bits per heavy atom. The van der Waals surface area contributed by atoms with Crippen molar-refractivity contribution in [1.29, 1.82) is 0 Å². The third kappa shape index (κ3) is 7.55. The molecule has 0 saturated carbocycles. The fourth-order valence-electron chi connectivity index (χ4n) is 4.31. The first-order valence-corrected chi connectivity index (χ1v) is 13.0. The van der Waals surface area contributed by atoms with E-state index in [0.717, 1.165) is 24.0 Å². The van der Waals surface area contributed by atoms with E-state index in [1.54, 1.807) is 0 Å². The molecule has 0 spiro atoms. The van der Waals surface area contributed by atoms with Crippen LogP contribution in [0.15, 0.2) is 72.8 Å². The van der Waals surface area contributed by atoms with Crippen LogP contribution in [0.2, 0.25) is 0 Å². The van der Waals surface area contributed by atoms with Gasteiger partial charge in [-0.3, -0.25) is 9.59 Å². The minimum atomic E-state index is -0.315. The molecule has 3 rings (SSSR count). The van der Waals surface area contributed by atoms with Gasteiger partial charge >= 0.3 is 0 Å². The van der Waals surface area contributed by atoms with Gasteiger partial charge in [-0.05, 0) is 72.9 Å². The lowest BCUT2D eigenvalue weighted by Crippen LogP contribution is -2.22. The molecule has 4 heteroatoms. The van der Waals surface area contributed by atoms with Crippen molar-refractivity contribution < 1.29 is 9.59 Å². The summed E-state index contributed by atoms with van der Waals surface area (Å²) in [5.74, 6) is 0.338. The molecule has 0 fully saturated rings. The van der Waals surface area contributed by atoms with Crippen molar-refractivity contribution in [3.63, 3.8) is 0 Å². The number of hydrogen-bond donors (Lipinski definition) is 2. The monoisotopic (exact) mass is 484 g/mol. The van der Waals surface area contributed by atoms with E-state index in [9.17, 15) is 9.59 Å². The molecular weight excluding hydrogens is 444 g/mol. The van der Waals surface area contributed by atoms with Gasteiger partial charge in [-0.2, -0.15) is 0 Å². The molecule has 0 aromatic heterocycles. The van der Waals surface area contributed by atoms with E-state index in [2.05, 4.69) is 62.6 Å². The van der Waals surface area contributed by atoms with E-state index < -0.39 is 0 Å². The van der Waals surface area contributed by atoms with Crippen molar-refractivity contribution in [2.75, 3.05) is 10.6 Å². The molecule has 2 atom stereocenters. The zero-order valence-corrected chi connectivity index (χ0v) is 22.5. The molecule has 4 nitrogen and oxygen atoms in total. The number of carbonyl (C=O) groups excluding carboxylic acids is 2. The number of para-hydroxylation sites is 2. The second kappa shape index (κ2) is 12.5. The van der Waals surface area contributed by atoms with Crippen LogP contribution in [0.25, 0.3) is 0 Å². The fraction of sp³-hybridized carbons (Fsp3) is 0.375. The Labute approximate surface area is 216 Å². The van der Waals surface area contributed by atoms with Crippen LogP contribution in [-0.2, 0) is 22.4 Å². The van der Waals surface area contributed by atoms with Crippen LogP contribution < -0.4 is 10.6 Å². The largest absolute Gasteiger partial charge is 0.324 e.